The van der Waals surface area contributed by atoms with Crippen LogP contribution in [0.1, 0.15) is 44.4 Å². The maximum absolute atomic E-state index is 5.68. The topological polar surface area (TPSA) is 68.2 Å². The fourth-order valence-corrected chi connectivity index (χ4v) is 2.29. The number of likely N-dealkylation sites (N-methyl/N-ethyl adjacent to an activating group) is 1. The summed E-state index contributed by atoms with van der Waals surface area (Å²) < 4.78 is 5.10. The molecule has 0 bridgehead atoms. The van der Waals surface area contributed by atoms with Crippen LogP contribution in [-0.2, 0) is 6.42 Å². The molecule has 1 aliphatic rings. The Morgan fingerprint density at radius 3 is 3.06 bits per heavy atom. The molecule has 1 aromatic rings. The highest BCUT2D eigenvalue weighted by atomic mass is 16.5. The van der Waals surface area contributed by atoms with Gasteiger partial charge in [0, 0.05) is 12.5 Å². The Balaban J connectivity index is 1.97. The summed E-state index contributed by atoms with van der Waals surface area (Å²) in [5.74, 6) is 1.33. The van der Waals surface area contributed by atoms with E-state index in [0.717, 1.165) is 18.8 Å². The second-order valence-corrected chi connectivity index (χ2v) is 4.47. The maximum Gasteiger partial charge on any atom is 0.243 e. The molecule has 5 heteroatoms. The van der Waals surface area contributed by atoms with Crippen LogP contribution >= 0.6 is 0 Å². The summed E-state index contributed by atoms with van der Waals surface area (Å²) in [7, 11) is 0. The zero-order valence-corrected chi connectivity index (χ0v) is 10.0. The van der Waals surface area contributed by atoms with E-state index in [2.05, 4.69) is 22.0 Å². The number of nitrogens with two attached hydrogens (primary N) is 1. The number of hydrogen-bond acceptors (Lipinski definition) is 5. The van der Waals surface area contributed by atoms with Gasteiger partial charge in [0.2, 0.25) is 5.89 Å². The van der Waals surface area contributed by atoms with E-state index in [4.69, 9.17) is 10.3 Å². The summed E-state index contributed by atoms with van der Waals surface area (Å²) in [6, 6.07) is 0.399. The van der Waals surface area contributed by atoms with Gasteiger partial charge in [0.15, 0.2) is 5.82 Å². The summed E-state index contributed by atoms with van der Waals surface area (Å²) in [4.78, 5) is 6.79. The molecule has 0 radical (unpaired) electrons. The standard InChI is InChI=1S/C11H20N4O/c1-3-15-6-4-5-9(15)7-10-13-11(8(2)12)16-14-10/h8-9H,3-7,12H2,1-2H3. The van der Waals surface area contributed by atoms with Crippen LogP contribution in [0.4, 0.5) is 0 Å². The molecule has 0 aromatic carbocycles. The first-order valence-electron chi connectivity index (χ1n) is 6.02. The van der Waals surface area contributed by atoms with Crippen molar-refractivity contribution < 1.29 is 4.52 Å². The summed E-state index contributed by atoms with van der Waals surface area (Å²) in [6.45, 7) is 6.34. The number of aromatic nitrogens is 2. The van der Waals surface area contributed by atoms with Crippen molar-refractivity contribution in [2.75, 3.05) is 13.1 Å². The minimum atomic E-state index is -0.174. The summed E-state index contributed by atoms with van der Waals surface area (Å²) >= 11 is 0. The zero-order valence-electron chi connectivity index (χ0n) is 10.0. The highest BCUT2D eigenvalue weighted by Gasteiger charge is 2.25. The van der Waals surface area contributed by atoms with Gasteiger partial charge < -0.3 is 15.2 Å². The Bertz CT molecular complexity index is 336. The molecule has 1 aliphatic heterocycles. The molecule has 2 unspecified atom stereocenters. The fraction of sp³-hybridized carbons (Fsp3) is 0.818. The van der Waals surface area contributed by atoms with Gasteiger partial charge in [0.05, 0.1) is 6.04 Å². The summed E-state index contributed by atoms with van der Waals surface area (Å²) in [6.07, 6.45) is 3.39. The molecule has 2 heterocycles. The fourth-order valence-electron chi connectivity index (χ4n) is 2.29. The summed E-state index contributed by atoms with van der Waals surface area (Å²) in [5.41, 5.74) is 5.68. The van der Waals surface area contributed by atoms with Gasteiger partial charge in [0.25, 0.3) is 0 Å². The monoisotopic (exact) mass is 224 g/mol. The van der Waals surface area contributed by atoms with Crippen molar-refractivity contribution in [1.29, 1.82) is 0 Å². The van der Waals surface area contributed by atoms with E-state index >= 15 is 0 Å². The van der Waals surface area contributed by atoms with Gasteiger partial charge in [-0.3, -0.25) is 0 Å². The normalized spacial score (nSPS) is 23.8. The first kappa shape index (κ1) is 11.5. The van der Waals surface area contributed by atoms with E-state index in [1.54, 1.807) is 0 Å². The molecule has 0 spiro atoms. The molecule has 90 valence electrons. The third-order valence-corrected chi connectivity index (χ3v) is 3.20. The van der Waals surface area contributed by atoms with Crippen LogP contribution in [0, 0.1) is 0 Å². The van der Waals surface area contributed by atoms with Crippen molar-refractivity contribution in [3.05, 3.63) is 11.7 Å². The smallest absolute Gasteiger partial charge is 0.243 e. The van der Waals surface area contributed by atoms with Crippen molar-refractivity contribution in [3.8, 4) is 0 Å². The van der Waals surface area contributed by atoms with E-state index in [-0.39, 0.29) is 6.04 Å². The van der Waals surface area contributed by atoms with Crippen molar-refractivity contribution in [3.63, 3.8) is 0 Å². The van der Waals surface area contributed by atoms with Gasteiger partial charge in [-0.05, 0) is 32.9 Å². The number of likely N-dealkylation sites (tertiary alicyclic amines) is 1. The van der Waals surface area contributed by atoms with Crippen LogP contribution in [-0.4, -0.2) is 34.2 Å². The lowest BCUT2D eigenvalue weighted by Crippen LogP contribution is -2.31. The van der Waals surface area contributed by atoms with Crippen LogP contribution in [0.25, 0.3) is 0 Å². The largest absolute Gasteiger partial charge is 0.338 e. The number of nitrogens with zero attached hydrogens (tertiary/aromatic N) is 3. The van der Waals surface area contributed by atoms with Gasteiger partial charge in [-0.1, -0.05) is 12.1 Å². The van der Waals surface area contributed by atoms with Gasteiger partial charge in [0.1, 0.15) is 0 Å². The highest BCUT2D eigenvalue weighted by molar-refractivity contribution is 4.94. The molecule has 2 rings (SSSR count). The minimum absolute atomic E-state index is 0.174. The lowest BCUT2D eigenvalue weighted by atomic mass is 10.1. The molecule has 1 aromatic heterocycles. The van der Waals surface area contributed by atoms with Crippen LogP contribution in [0.3, 0.4) is 0 Å². The third-order valence-electron chi connectivity index (χ3n) is 3.20. The van der Waals surface area contributed by atoms with Crippen LogP contribution in [0.2, 0.25) is 0 Å². The van der Waals surface area contributed by atoms with Gasteiger partial charge >= 0.3 is 0 Å². The Kier molecular flexibility index (Phi) is 3.56. The van der Waals surface area contributed by atoms with Crippen LogP contribution in [0.15, 0.2) is 4.52 Å². The van der Waals surface area contributed by atoms with Crippen molar-refractivity contribution in [2.45, 2.75) is 45.2 Å². The molecule has 5 nitrogen and oxygen atoms in total. The second kappa shape index (κ2) is 4.93. The predicted molar refractivity (Wildman–Crippen MR) is 60.9 cm³/mol. The Morgan fingerprint density at radius 2 is 2.44 bits per heavy atom. The van der Waals surface area contributed by atoms with Crippen molar-refractivity contribution >= 4 is 0 Å². The molecule has 1 fully saturated rings. The zero-order chi connectivity index (χ0) is 11.5. The van der Waals surface area contributed by atoms with E-state index in [1.807, 2.05) is 6.92 Å². The van der Waals surface area contributed by atoms with E-state index in [9.17, 15) is 0 Å². The van der Waals surface area contributed by atoms with Crippen molar-refractivity contribution in [1.82, 2.24) is 15.0 Å². The lowest BCUT2D eigenvalue weighted by molar-refractivity contribution is 0.261. The molecule has 0 saturated carbocycles. The predicted octanol–water partition coefficient (Wildman–Crippen LogP) is 1.12. The first-order valence-corrected chi connectivity index (χ1v) is 6.02. The molecule has 2 N–H and O–H groups in total. The average Bonchev–Trinajstić information content (AvgIpc) is 2.87. The van der Waals surface area contributed by atoms with Gasteiger partial charge in [-0.2, -0.15) is 4.98 Å². The van der Waals surface area contributed by atoms with E-state index in [0.29, 0.717) is 11.9 Å². The van der Waals surface area contributed by atoms with Crippen LogP contribution in [0.5, 0.6) is 0 Å². The Morgan fingerprint density at radius 1 is 1.62 bits per heavy atom. The molecule has 2 atom stereocenters. The molecule has 1 saturated heterocycles. The molecule has 16 heavy (non-hydrogen) atoms. The Hall–Kier alpha value is -0.940. The first-order chi connectivity index (χ1) is 7.70. The average molecular weight is 224 g/mol. The molecular weight excluding hydrogens is 204 g/mol. The van der Waals surface area contributed by atoms with E-state index < -0.39 is 0 Å². The molecule has 0 aliphatic carbocycles. The Labute approximate surface area is 96.0 Å². The van der Waals surface area contributed by atoms with Crippen molar-refractivity contribution in [2.24, 2.45) is 5.73 Å². The number of rotatable bonds is 4. The number of hydrogen-bond donors (Lipinski definition) is 1. The highest BCUT2D eigenvalue weighted by Crippen LogP contribution is 2.20. The SMILES string of the molecule is CCN1CCCC1Cc1noc(C(C)N)n1. The molecule has 0 amide bonds. The van der Waals surface area contributed by atoms with Crippen LogP contribution < -0.4 is 5.73 Å². The van der Waals surface area contributed by atoms with Gasteiger partial charge in [-0.25, -0.2) is 0 Å². The minimum Gasteiger partial charge on any atom is -0.338 e. The quantitative estimate of drug-likeness (QED) is 0.830. The van der Waals surface area contributed by atoms with Gasteiger partial charge in [-0.15, -0.1) is 0 Å². The molecular formula is C11H20N4O. The lowest BCUT2D eigenvalue weighted by Gasteiger charge is -2.20. The summed E-state index contributed by atoms with van der Waals surface area (Å²) in [5, 5.41) is 3.98. The second-order valence-electron chi connectivity index (χ2n) is 4.47. The van der Waals surface area contributed by atoms with E-state index in [1.165, 1.54) is 19.4 Å². The maximum atomic E-state index is 5.68. The third kappa shape index (κ3) is 2.41.